The molecule has 0 spiro atoms. The van der Waals surface area contributed by atoms with E-state index >= 15 is 0 Å². The zero-order chi connectivity index (χ0) is 14.7. The number of amides is 1. The summed E-state index contributed by atoms with van der Waals surface area (Å²) in [7, 11) is 0. The Morgan fingerprint density at radius 2 is 1.89 bits per heavy atom. The minimum atomic E-state index is -4.46. The van der Waals surface area contributed by atoms with Crippen molar-refractivity contribution in [3.8, 4) is 6.07 Å². The molecule has 19 heavy (non-hydrogen) atoms. The van der Waals surface area contributed by atoms with Crippen LogP contribution in [0.2, 0.25) is 0 Å². The van der Waals surface area contributed by atoms with Crippen LogP contribution in [0.15, 0.2) is 24.3 Å². The second kappa shape index (κ2) is 5.28. The summed E-state index contributed by atoms with van der Waals surface area (Å²) in [5.41, 5.74) is -2.97. The molecule has 1 aromatic rings. The number of carbonyl (C=O) groups excluding carboxylic acids is 1. The first-order valence-corrected chi connectivity index (χ1v) is 5.35. The van der Waals surface area contributed by atoms with E-state index < -0.39 is 23.2 Å². The van der Waals surface area contributed by atoms with Crippen LogP contribution in [-0.4, -0.2) is 16.6 Å². The molecule has 0 aliphatic carbocycles. The molecule has 2 N–H and O–H groups in total. The molecular formula is C12H11F3N2O2. The molecule has 1 atom stereocenters. The summed E-state index contributed by atoms with van der Waals surface area (Å²) in [5, 5.41) is 20.4. The first kappa shape index (κ1) is 15.0. The molecule has 4 nitrogen and oxygen atoms in total. The second-order valence-corrected chi connectivity index (χ2v) is 3.85. The maximum atomic E-state index is 12.3. The second-order valence-electron chi connectivity index (χ2n) is 3.85. The first-order chi connectivity index (χ1) is 8.73. The third-order valence-corrected chi connectivity index (χ3v) is 2.54. The standard InChI is InChI=1S/C12H11F3N2O2/c1-2-11(19,7-16)10(18)17-9-5-3-8(4-6-9)12(13,14)15/h3-6,19H,2H2,1H3,(H,17,18). The largest absolute Gasteiger partial charge is 0.416 e. The van der Waals surface area contributed by atoms with Crippen LogP contribution in [0.4, 0.5) is 18.9 Å². The Kier molecular flexibility index (Phi) is 4.17. The number of aliphatic hydroxyl groups is 1. The van der Waals surface area contributed by atoms with Gasteiger partial charge in [0, 0.05) is 5.69 Å². The van der Waals surface area contributed by atoms with Gasteiger partial charge in [0.05, 0.1) is 5.56 Å². The van der Waals surface area contributed by atoms with Gasteiger partial charge in [-0.15, -0.1) is 0 Å². The van der Waals surface area contributed by atoms with Gasteiger partial charge in [0.1, 0.15) is 6.07 Å². The average molecular weight is 272 g/mol. The fourth-order valence-electron chi connectivity index (χ4n) is 1.27. The van der Waals surface area contributed by atoms with Crippen LogP contribution in [0.5, 0.6) is 0 Å². The summed E-state index contributed by atoms with van der Waals surface area (Å²) in [6.07, 6.45) is -4.59. The van der Waals surface area contributed by atoms with Crippen molar-refractivity contribution in [3.63, 3.8) is 0 Å². The number of alkyl halides is 3. The highest BCUT2D eigenvalue weighted by Crippen LogP contribution is 2.29. The van der Waals surface area contributed by atoms with Gasteiger partial charge >= 0.3 is 6.18 Å². The fourth-order valence-corrected chi connectivity index (χ4v) is 1.27. The Balaban J connectivity index is 2.85. The highest BCUT2D eigenvalue weighted by atomic mass is 19.4. The molecule has 0 saturated heterocycles. The number of nitrogens with one attached hydrogen (secondary N) is 1. The Morgan fingerprint density at radius 1 is 1.37 bits per heavy atom. The molecule has 0 saturated carbocycles. The molecule has 7 heteroatoms. The van der Waals surface area contributed by atoms with Crippen molar-refractivity contribution < 1.29 is 23.1 Å². The van der Waals surface area contributed by atoms with E-state index in [9.17, 15) is 23.1 Å². The number of rotatable bonds is 3. The van der Waals surface area contributed by atoms with Crippen LogP contribution in [0, 0.1) is 11.3 Å². The van der Waals surface area contributed by atoms with E-state index in [1.165, 1.54) is 13.0 Å². The average Bonchev–Trinajstić information content (AvgIpc) is 2.37. The first-order valence-electron chi connectivity index (χ1n) is 5.35. The smallest absolute Gasteiger partial charge is 0.368 e. The van der Waals surface area contributed by atoms with Gasteiger partial charge in [-0.3, -0.25) is 4.79 Å². The number of benzene rings is 1. The molecule has 0 bridgehead atoms. The summed E-state index contributed by atoms with van der Waals surface area (Å²) in [6, 6.07) is 5.14. The molecule has 0 fully saturated rings. The predicted octanol–water partition coefficient (Wildman–Crippen LogP) is 2.31. The highest BCUT2D eigenvalue weighted by molar-refractivity contribution is 5.99. The van der Waals surface area contributed by atoms with Crippen LogP contribution in [0.1, 0.15) is 18.9 Å². The lowest BCUT2D eigenvalue weighted by Gasteiger charge is -2.17. The summed E-state index contributed by atoms with van der Waals surface area (Å²) in [6.45, 7) is 1.44. The molecule has 0 heterocycles. The predicted molar refractivity (Wildman–Crippen MR) is 60.9 cm³/mol. The third-order valence-electron chi connectivity index (χ3n) is 2.54. The lowest BCUT2D eigenvalue weighted by atomic mass is 10.0. The summed E-state index contributed by atoms with van der Waals surface area (Å²) in [4.78, 5) is 11.6. The molecule has 102 valence electrons. The van der Waals surface area contributed by atoms with Gasteiger partial charge in [-0.05, 0) is 30.7 Å². The molecule has 1 amide bonds. The highest BCUT2D eigenvalue weighted by Gasteiger charge is 2.34. The normalized spacial score (nSPS) is 14.3. The van der Waals surface area contributed by atoms with Gasteiger partial charge in [-0.25, -0.2) is 0 Å². The SMILES string of the molecule is CCC(O)(C#N)C(=O)Nc1ccc(C(F)(F)F)cc1. The molecule has 0 aliphatic rings. The summed E-state index contributed by atoms with van der Waals surface area (Å²) < 4.78 is 36.9. The van der Waals surface area contributed by atoms with E-state index in [1.54, 1.807) is 0 Å². The number of hydrogen-bond acceptors (Lipinski definition) is 3. The number of nitrogens with zero attached hydrogens (tertiary/aromatic N) is 1. The fraction of sp³-hybridized carbons (Fsp3) is 0.333. The van der Waals surface area contributed by atoms with Crippen LogP contribution < -0.4 is 5.32 Å². The van der Waals surface area contributed by atoms with Crippen molar-refractivity contribution >= 4 is 11.6 Å². The lowest BCUT2D eigenvalue weighted by molar-refractivity contribution is -0.137. The van der Waals surface area contributed by atoms with E-state index in [4.69, 9.17) is 5.26 Å². The number of halogens is 3. The number of hydrogen-bond donors (Lipinski definition) is 2. The van der Waals surface area contributed by atoms with Crippen molar-refractivity contribution in [2.24, 2.45) is 0 Å². The number of nitriles is 1. The van der Waals surface area contributed by atoms with Gasteiger partial charge in [0.2, 0.25) is 5.60 Å². The zero-order valence-corrected chi connectivity index (χ0v) is 9.95. The van der Waals surface area contributed by atoms with E-state index in [0.29, 0.717) is 0 Å². The van der Waals surface area contributed by atoms with E-state index in [0.717, 1.165) is 24.3 Å². The maximum Gasteiger partial charge on any atom is 0.416 e. The van der Waals surface area contributed by atoms with Gasteiger partial charge < -0.3 is 10.4 Å². The topological polar surface area (TPSA) is 73.1 Å². The number of anilines is 1. The monoisotopic (exact) mass is 272 g/mol. The Labute approximate surface area is 107 Å². The molecule has 1 unspecified atom stereocenters. The van der Waals surface area contributed by atoms with Crippen LogP contribution >= 0.6 is 0 Å². The van der Waals surface area contributed by atoms with E-state index in [-0.39, 0.29) is 12.1 Å². The molecule has 0 radical (unpaired) electrons. The molecular weight excluding hydrogens is 261 g/mol. The Bertz CT molecular complexity index is 505. The summed E-state index contributed by atoms with van der Waals surface area (Å²) >= 11 is 0. The van der Waals surface area contributed by atoms with Crippen LogP contribution in [-0.2, 0) is 11.0 Å². The van der Waals surface area contributed by atoms with Crippen molar-refractivity contribution in [1.29, 1.82) is 5.26 Å². The van der Waals surface area contributed by atoms with Crippen molar-refractivity contribution in [2.75, 3.05) is 5.32 Å². The van der Waals surface area contributed by atoms with Crippen molar-refractivity contribution in [1.82, 2.24) is 0 Å². The van der Waals surface area contributed by atoms with Crippen molar-refractivity contribution in [2.45, 2.75) is 25.1 Å². The van der Waals surface area contributed by atoms with E-state index in [2.05, 4.69) is 5.32 Å². The zero-order valence-electron chi connectivity index (χ0n) is 9.95. The van der Waals surface area contributed by atoms with Crippen LogP contribution in [0.25, 0.3) is 0 Å². The van der Waals surface area contributed by atoms with Crippen LogP contribution in [0.3, 0.4) is 0 Å². The summed E-state index contributed by atoms with van der Waals surface area (Å²) in [5.74, 6) is -0.975. The minimum absolute atomic E-state index is 0.0696. The molecule has 0 aromatic heterocycles. The Hall–Kier alpha value is -2.07. The Morgan fingerprint density at radius 3 is 2.26 bits per heavy atom. The molecule has 1 aromatic carbocycles. The van der Waals surface area contributed by atoms with Gasteiger partial charge in [-0.1, -0.05) is 6.92 Å². The molecule has 1 rings (SSSR count). The van der Waals surface area contributed by atoms with E-state index in [1.807, 2.05) is 0 Å². The lowest BCUT2D eigenvalue weighted by Crippen LogP contribution is -2.40. The van der Waals surface area contributed by atoms with Gasteiger partial charge in [0.25, 0.3) is 5.91 Å². The quantitative estimate of drug-likeness (QED) is 0.829. The van der Waals surface area contributed by atoms with Gasteiger partial charge in [0.15, 0.2) is 0 Å². The molecule has 0 aliphatic heterocycles. The van der Waals surface area contributed by atoms with Gasteiger partial charge in [-0.2, -0.15) is 18.4 Å². The van der Waals surface area contributed by atoms with Crippen molar-refractivity contribution in [3.05, 3.63) is 29.8 Å². The minimum Gasteiger partial charge on any atom is -0.368 e. The number of carbonyl (C=O) groups is 1. The maximum absolute atomic E-state index is 12.3. The third kappa shape index (κ3) is 3.45.